The summed E-state index contributed by atoms with van der Waals surface area (Å²) >= 11 is 0. The van der Waals surface area contributed by atoms with Crippen molar-refractivity contribution >= 4 is 0 Å². The fraction of sp³-hybridized carbons (Fsp3) is 0.538. The first-order valence-electron chi connectivity index (χ1n) is 5.69. The minimum absolute atomic E-state index is 0.590. The van der Waals surface area contributed by atoms with Crippen molar-refractivity contribution in [2.45, 2.75) is 19.8 Å². The average molecular weight is 222 g/mol. The summed E-state index contributed by atoms with van der Waals surface area (Å²) in [6.07, 6.45) is 2.11. The summed E-state index contributed by atoms with van der Waals surface area (Å²) in [6, 6.07) is 4.15. The highest BCUT2D eigenvalue weighted by atomic mass is 16.5. The standard InChI is InChI=1S/C13H18O3/c1-10-8-12-11(4-3-5-15-12)13(9-10)16-7-6-14-2/h8-9H,3-7H2,1-2H3. The van der Waals surface area contributed by atoms with Gasteiger partial charge in [-0.15, -0.1) is 0 Å². The zero-order valence-corrected chi connectivity index (χ0v) is 9.91. The Balaban J connectivity index is 2.18. The predicted molar refractivity (Wildman–Crippen MR) is 62.4 cm³/mol. The molecule has 1 aromatic rings. The molecule has 0 radical (unpaired) electrons. The van der Waals surface area contributed by atoms with Crippen LogP contribution in [-0.4, -0.2) is 26.9 Å². The molecular formula is C13H18O3. The summed E-state index contributed by atoms with van der Waals surface area (Å²) < 4.78 is 16.3. The van der Waals surface area contributed by atoms with Gasteiger partial charge in [0, 0.05) is 12.7 Å². The summed E-state index contributed by atoms with van der Waals surface area (Å²) in [7, 11) is 1.68. The Hall–Kier alpha value is -1.22. The summed E-state index contributed by atoms with van der Waals surface area (Å²) in [6.45, 7) is 4.07. The molecule has 1 aromatic carbocycles. The van der Waals surface area contributed by atoms with Crippen LogP contribution in [0.15, 0.2) is 12.1 Å². The Morgan fingerprint density at radius 2 is 2.19 bits per heavy atom. The van der Waals surface area contributed by atoms with E-state index in [0.29, 0.717) is 13.2 Å². The molecule has 0 unspecified atom stereocenters. The molecule has 1 heterocycles. The molecule has 0 atom stereocenters. The molecular weight excluding hydrogens is 204 g/mol. The van der Waals surface area contributed by atoms with Crippen molar-refractivity contribution in [2.75, 3.05) is 26.9 Å². The van der Waals surface area contributed by atoms with Crippen molar-refractivity contribution in [3.63, 3.8) is 0 Å². The molecule has 0 saturated heterocycles. The molecule has 88 valence electrons. The van der Waals surface area contributed by atoms with Gasteiger partial charge in [0.05, 0.1) is 13.2 Å². The van der Waals surface area contributed by atoms with Crippen molar-refractivity contribution in [1.82, 2.24) is 0 Å². The van der Waals surface area contributed by atoms with E-state index < -0.39 is 0 Å². The number of benzene rings is 1. The van der Waals surface area contributed by atoms with E-state index in [4.69, 9.17) is 14.2 Å². The average Bonchev–Trinajstić information content (AvgIpc) is 2.29. The lowest BCUT2D eigenvalue weighted by atomic mass is 10.0. The number of rotatable bonds is 4. The van der Waals surface area contributed by atoms with Gasteiger partial charge in [-0.25, -0.2) is 0 Å². The van der Waals surface area contributed by atoms with Gasteiger partial charge >= 0.3 is 0 Å². The molecule has 0 amide bonds. The molecule has 3 heteroatoms. The fourth-order valence-corrected chi connectivity index (χ4v) is 1.92. The van der Waals surface area contributed by atoms with Crippen LogP contribution in [0.2, 0.25) is 0 Å². The molecule has 0 saturated carbocycles. The molecule has 2 rings (SSSR count). The number of aryl methyl sites for hydroxylation is 1. The molecule has 1 aliphatic heterocycles. The Morgan fingerprint density at radius 1 is 1.31 bits per heavy atom. The van der Waals surface area contributed by atoms with Crippen molar-refractivity contribution in [3.05, 3.63) is 23.3 Å². The molecule has 0 spiro atoms. The van der Waals surface area contributed by atoms with Crippen LogP contribution in [0.3, 0.4) is 0 Å². The molecule has 3 nitrogen and oxygen atoms in total. The molecule has 16 heavy (non-hydrogen) atoms. The summed E-state index contributed by atoms with van der Waals surface area (Å²) in [5.41, 5.74) is 2.38. The van der Waals surface area contributed by atoms with Gasteiger partial charge in [-0.2, -0.15) is 0 Å². The molecule has 1 aliphatic rings. The number of methoxy groups -OCH3 is 1. The maximum absolute atomic E-state index is 5.72. The fourth-order valence-electron chi connectivity index (χ4n) is 1.92. The quantitative estimate of drug-likeness (QED) is 0.732. The van der Waals surface area contributed by atoms with E-state index in [0.717, 1.165) is 30.9 Å². The van der Waals surface area contributed by atoms with Crippen LogP contribution in [0, 0.1) is 6.92 Å². The maximum atomic E-state index is 5.72. The third-order valence-corrected chi connectivity index (χ3v) is 2.69. The second-order valence-corrected chi connectivity index (χ2v) is 4.03. The molecule has 0 fully saturated rings. The third kappa shape index (κ3) is 2.47. The number of hydrogen-bond acceptors (Lipinski definition) is 3. The zero-order valence-electron chi connectivity index (χ0n) is 9.91. The Morgan fingerprint density at radius 3 is 3.00 bits per heavy atom. The van der Waals surface area contributed by atoms with Gasteiger partial charge in [0.25, 0.3) is 0 Å². The van der Waals surface area contributed by atoms with Crippen LogP contribution in [0.4, 0.5) is 0 Å². The second kappa shape index (κ2) is 5.21. The maximum Gasteiger partial charge on any atom is 0.126 e. The number of hydrogen-bond donors (Lipinski definition) is 0. The van der Waals surface area contributed by atoms with Gasteiger partial charge in [-0.05, 0) is 37.5 Å². The Kier molecular flexibility index (Phi) is 3.67. The topological polar surface area (TPSA) is 27.7 Å². The largest absolute Gasteiger partial charge is 0.493 e. The third-order valence-electron chi connectivity index (χ3n) is 2.69. The first-order valence-corrected chi connectivity index (χ1v) is 5.69. The zero-order chi connectivity index (χ0) is 11.4. The van der Waals surface area contributed by atoms with Gasteiger partial charge in [0.2, 0.25) is 0 Å². The van der Waals surface area contributed by atoms with Crippen LogP contribution < -0.4 is 9.47 Å². The molecule has 0 bridgehead atoms. The van der Waals surface area contributed by atoms with E-state index in [-0.39, 0.29) is 0 Å². The normalized spacial score (nSPS) is 14.1. The molecule has 0 aromatic heterocycles. The minimum Gasteiger partial charge on any atom is -0.493 e. The SMILES string of the molecule is COCCOc1cc(C)cc2c1CCCO2. The first kappa shape index (κ1) is 11.3. The van der Waals surface area contributed by atoms with Gasteiger partial charge in [0.15, 0.2) is 0 Å². The lowest BCUT2D eigenvalue weighted by Gasteiger charge is -2.21. The van der Waals surface area contributed by atoms with Gasteiger partial charge in [-0.1, -0.05) is 0 Å². The van der Waals surface area contributed by atoms with E-state index in [1.54, 1.807) is 7.11 Å². The van der Waals surface area contributed by atoms with Crippen LogP contribution in [0.1, 0.15) is 17.5 Å². The van der Waals surface area contributed by atoms with Crippen LogP contribution in [0.25, 0.3) is 0 Å². The van der Waals surface area contributed by atoms with E-state index >= 15 is 0 Å². The summed E-state index contributed by atoms with van der Waals surface area (Å²) in [4.78, 5) is 0. The predicted octanol–water partition coefficient (Wildman–Crippen LogP) is 2.35. The Labute approximate surface area is 96.3 Å². The van der Waals surface area contributed by atoms with Crippen LogP contribution >= 0.6 is 0 Å². The highest BCUT2D eigenvalue weighted by Gasteiger charge is 2.16. The number of ether oxygens (including phenoxy) is 3. The smallest absolute Gasteiger partial charge is 0.126 e. The van der Waals surface area contributed by atoms with Crippen molar-refractivity contribution in [1.29, 1.82) is 0 Å². The second-order valence-electron chi connectivity index (χ2n) is 4.03. The van der Waals surface area contributed by atoms with E-state index in [2.05, 4.69) is 19.1 Å². The highest BCUT2D eigenvalue weighted by Crippen LogP contribution is 2.34. The summed E-state index contributed by atoms with van der Waals surface area (Å²) in [5, 5.41) is 0. The van der Waals surface area contributed by atoms with Crippen LogP contribution in [0.5, 0.6) is 11.5 Å². The molecule has 0 aliphatic carbocycles. The van der Waals surface area contributed by atoms with Gasteiger partial charge in [-0.3, -0.25) is 0 Å². The van der Waals surface area contributed by atoms with Crippen molar-refractivity contribution in [2.24, 2.45) is 0 Å². The minimum atomic E-state index is 0.590. The van der Waals surface area contributed by atoms with Crippen molar-refractivity contribution < 1.29 is 14.2 Å². The van der Waals surface area contributed by atoms with Crippen LogP contribution in [-0.2, 0) is 11.2 Å². The monoisotopic (exact) mass is 222 g/mol. The highest BCUT2D eigenvalue weighted by molar-refractivity contribution is 5.48. The van der Waals surface area contributed by atoms with Crippen molar-refractivity contribution in [3.8, 4) is 11.5 Å². The summed E-state index contributed by atoms with van der Waals surface area (Å²) in [5.74, 6) is 1.94. The lowest BCUT2D eigenvalue weighted by molar-refractivity contribution is 0.145. The van der Waals surface area contributed by atoms with E-state index in [1.807, 2.05) is 0 Å². The first-order chi connectivity index (χ1) is 7.81. The molecule has 0 N–H and O–H groups in total. The van der Waals surface area contributed by atoms with E-state index in [1.165, 1.54) is 11.1 Å². The van der Waals surface area contributed by atoms with Gasteiger partial charge < -0.3 is 14.2 Å². The van der Waals surface area contributed by atoms with E-state index in [9.17, 15) is 0 Å². The lowest BCUT2D eigenvalue weighted by Crippen LogP contribution is -2.12. The van der Waals surface area contributed by atoms with Gasteiger partial charge in [0.1, 0.15) is 18.1 Å². The number of fused-ring (bicyclic) bond motifs is 1. The Bertz CT molecular complexity index is 360.